The highest BCUT2D eigenvalue weighted by molar-refractivity contribution is 5.71. The molecule has 0 aromatic rings. The number of esters is 3. The van der Waals surface area contributed by atoms with Crippen LogP contribution in [0.25, 0.3) is 0 Å². The van der Waals surface area contributed by atoms with E-state index in [0.29, 0.717) is 19.3 Å². The molecule has 0 aromatic carbocycles. The van der Waals surface area contributed by atoms with E-state index in [1.165, 1.54) is 161 Å². The molecule has 320 valence electrons. The molecule has 0 fully saturated rings. The van der Waals surface area contributed by atoms with E-state index < -0.39 is 6.10 Å². The lowest BCUT2D eigenvalue weighted by molar-refractivity contribution is -0.167. The van der Waals surface area contributed by atoms with Gasteiger partial charge in [0.1, 0.15) is 13.2 Å². The minimum absolute atomic E-state index is 0.0637. The van der Waals surface area contributed by atoms with E-state index >= 15 is 0 Å². The number of carbonyl (C=O) groups is 3. The second-order valence-corrected chi connectivity index (χ2v) is 16.9. The summed E-state index contributed by atoms with van der Waals surface area (Å²) in [6.45, 7) is 8.97. The first-order valence-corrected chi connectivity index (χ1v) is 23.9. The molecule has 0 saturated heterocycles. The number of carbonyl (C=O) groups excluding carboxylic acids is 3. The van der Waals surface area contributed by atoms with Crippen LogP contribution in [0.5, 0.6) is 0 Å². The summed E-state index contributed by atoms with van der Waals surface area (Å²) in [6, 6.07) is 0. The fourth-order valence-corrected chi connectivity index (χ4v) is 7.16. The summed E-state index contributed by atoms with van der Waals surface area (Å²) in [6.07, 6.45) is 42.3. The smallest absolute Gasteiger partial charge is 0.306 e. The number of ether oxygens (including phenoxy) is 3. The first-order valence-electron chi connectivity index (χ1n) is 23.9. The fourth-order valence-electron chi connectivity index (χ4n) is 7.16. The lowest BCUT2D eigenvalue weighted by atomic mass is 10.0. The van der Waals surface area contributed by atoms with Gasteiger partial charge in [-0.25, -0.2) is 0 Å². The molecule has 0 N–H and O–H groups in total. The van der Waals surface area contributed by atoms with E-state index in [9.17, 15) is 14.4 Å². The van der Waals surface area contributed by atoms with Crippen molar-refractivity contribution in [3.63, 3.8) is 0 Å². The van der Waals surface area contributed by atoms with Gasteiger partial charge >= 0.3 is 17.9 Å². The van der Waals surface area contributed by atoms with Crippen molar-refractivity contribution in [1.82, 2.24) is 0 Å². The van der Waals surface area contributed by atoms with Gasteiger partial charge in [-0.1, -0.05) is 227 Å². The first-order chi connectivity index (χ1) is 26.4. The van der Waals surface area contributed by atoms with Crippen LogP contribution in [0.4, 0.5) is 0 Å². The van der Waals surface area contributed by atoms with Crippen molar-refractivity contribution < 1.29 is 28.6 Å². The second-order valence-electron chi connectivity index (χ2n) is 16.9. The van der Waals surface area contributed by atoms with Crippen molar-refractivity contribution in [2.45, 2.75) is 271 Å². The van der Waals surface area contributed by atoms with Crippen LogP contribution in [0.3, 0.4) is 0 Å². The molecule has 0 rings (SSSR count). The topological polar surface area (TPSA) is 78.9 Å². The molecule has 0 aromatic heterocycles. The molecule has 0 aliphatic heterocycles. The Hall–Kier alpha value is -1.59. The van der Waals surface area contributed by atoms with Gasteiger partial charge in [0.25, 0.3) is 0 Å². The lowest BCUT2D eigenvalue weighted by Gasteiger charge is -2.18. The Kier molecular flexibility index (Phi) is 41.3. The summed E-state index contributed by atoms with van der Waals surface area (Å²) in [5, 5.41) is 0. The van der Waals surface area contributed by atoms with Crippen molar-refractivity contribution in [2.24, 2.45) is 5.92 Å². The van der Waals surface area contributed by atoms with E-state index in [1.807, 2.05) is 0 Å². The Bertz CT molecular complexity index is 811. The molecule has 0 saturated carbocycles. The van der Waals surface area contributed by atoms with Gasteiger partial charge < -0.3 is 14.2 Å². The molecule has 0 heterocycles. The van der Waals surface area contributed by atoms with Gasteiger partial charge in [-0.2, -0.15) is 0 Å². The molecule has 1 atom stereocenters. The molecule has 0 amide bonds. The first kappa shape index (κ1) is 52.4. The largest absolute Gasteiger partial charge is 0.462 e. The normalized spacial score (nSPS) is 11.9. The van der Waals surface area contributed by atoms with Crippen LogP contribution in [-0.2, 0) is 28.6 Å². The monoisotopic (exact) mass is 765 g/mol. The van der Waals surface area contributed by atoms with Gasteiger partial charge in [0.15, 0.2) is 6.10 Å². The third-order valence-corrected chi connectivity index (χ3v) is 10.8. The van der Waals surface area contributed by atoms with E-state index in [4.69, 9.17) is 14.2 Å². The third kappa shape index (κ3) is 41.6. The Balaban J connectivity index is 4.28. The molecule has 0 unspecified atom stereocenters. The quantitative estimate of drug-likeness (QED) is 0.0349. The SMILES string of the molecule is CCCCCCCCCCCCCCCCCC(=O)OC[C@H](COC(=O)CCCCCCCCCCC)OC(=O)CCCCCCCCCCCC(C)C. The number of hydrogen-bond acceptors (Lipinski definition) is 6. The molecular weight excluding hydrogens is 673 g/mol. The molecule has 54 heavy (non-hydrogen) atoms. The van der Waals surface area contributed by atoms with Gasteiger partial charge in [-0.3, -0.25) is 14.4 Å². The van der Waals surface area contributed by atoms with E-state index in [-0.39, 0.29) is 31.1 Å². The average Bonchev–Trinajstić information content (AvgIpc) is 3.15. The molecule has 6 heteroatoms. The highest BCUT2D eigenvalue weighted by Gasteiger charge is 2.19. The molecule has 0 bridgehead atoms. The highest BCUT2D eigenvalue weighted by atomic mass is 16.6. The van der Waals surface area contributed by atoms with Crippen LogP contribution in [0.1, 0.15) is 265 Å². The summed E-state index contributed by atoms with van der Waals surface area (Å²) in [4.78, 5) is 37.7. The van der Waals surface area contributed by atoms with Crippen LogP contribution in [0.2, 0.25) is 0 Å². The lowest BCUT2D eigenvalue weighted by Crippen LogP contribution is -2.30. The molecule has 0 aliphatic rings. The number of unbranched alkanes of at least 4 members (excludes halogenated alkanes) is 30. The minimum atomic E-state index is -0.759. The van der Waals surface area contributed by atoms with E-state index in [0.717, 1.165) is 63.7 Å². The Morgan fingerprint density at radius 1 is 0.352 bits per heavy atom. The van der Waals surface area contributed by atoms with Gasteiger partial charge in [0.05, 0.1) is 0 Å². The van der Waals surface area contributed by atoms with Gasteiger partial charge in [0.2, 0.25) is 0 Å². The van der Waals surface area contributed by atoms with Gasteiger partial charge in [-0.15, -0.1) is 0 Å². The zero-order valence-electron chi connectivity index (χ0n) is 36.7. The van der Waals surface area contributed by atoms with Crippen LogP contribution in [-0.4, -0.2) is 37.2 Å². The predicted octanol–water partition coefficient (Wildman–Crippen LogP) is 15.1. The van der Waals surface area contributed by atoms with E-state index in [1.54, 1.807) is 0 Å². The maximum Gasteiger partial charge on any atom is 0.306 e. The van der Waals surface area contributed by atoms with Crippen molar-refractivity contribution in [3.05, 3.63) is 0 Å². The number of rotatable bonds is 43. The summed E-state index contributed by atoms with van der Waals surface area (Å²) >= 11 is 0. The van der Waals surface area contributed by atoms with Crippen LogP contribution < -0.4 is 0 Å². The molecule has 0 spiro atoms. The maximum absolute atomic E-state index is 12.7. The van der Waals surface area contributed by atoms with Crippen molar-refractivity contribution in [2.75, 3.05) is 13.2 Å². The van der Waals surface area contributed by atoms with Crippen LogP contribution in [0, 0.1) is 5.92 Å². The summed E-state index contributed by atoms with van der Waals surface area (Å²) in [5.41, 5.74) is 0. The average molecular weight is 765 g/mol. The maximum atomic E-state index is 12.7. The molecule has 6 nitrogen and oxygen atoms in total. The number of hydrogen-bond donors (Lipinski definition) is 0. The van der Waals surface area contributed by atoms with Crippen LogP contribution in [0.15, 0.2) is 0 Å². The Morgan fingerprint density at radius 3 is 0.907 bits per heavy atom. The predicted molar refractivity (Wildman–Crippen MR) is 229 cm³/mol. The summed E-state index contributed by atoms with van der Waals surface area (Å²) in [7, 11) is 0. The molecule has 0 radical (unpaired) electrons. The summed E-state index contributed by atoms with van der Waals surface area (Å²) in [5.74, 6) is -0.0479. The van der Waals surface area contributed by atoms with Crippen LogP contribution >= 0.6 is 0 Å². The molecule has 0 aliphatic carbocycles. The molecular formula is C48H92O6. The van der Waals surface area contributed by atoms with Crippen molar-refractivity contribution in [3.8, 4) is 0 Å². The second kappa shape index (κ2) is 42.6. The highest BCUT2D eigenvalue weighted by Crippen LogP contribution is 2.16. The Labute approximate surface area is 336 Å². The van der Waals surface area contributed by atoms with Gasteiger partial charge in [-0.05, 0) is 25.2 Å². The Morgan fingerprint density at radius 2 is 0.611 bits per heavy atom. The van der Waals surface area contributed by atoms with Crippen molar-refractivity contribution in [1.29, 1.82) is 0 Å². The summed E-state index contributed by atoms with van der Waals surface area (Å²) < 4.78 is 16.7. The van der Waals surface area contributed by atoms with Crippen molar-refractivity contribution >= 4 is 17.9 Å². The van der Waals surface area contributed by atoms with Gasteiger partial charge in [0, 0.05) is 19.3 Å². The third-order valence-electron chi connectivity index (χ3n) is 10.8. The minimum Gasteiger partial charge on any atom is -0.462 e. The zero-order chi connectivity index (χ0) is 39.6. The zero-order valence-corrected chi connectivity index (χ0v) is 36.7. The fraction of sp³-hybridized carbons (Fsp3) is 0.938. The van der Waals surface area contributed by atoms with E-state index in [2.05, 4.69) is 27.7 Å². The standard InChI is InChI=1S/C48H92O6/c1-5-7-9-11-13-15-16-17-18-19-20-24-28-32-36-40-47(50)53-43-45(42-52-46(49)39-35-31-27-22-14-12-10-8-6-2)54-48(51)41-37-33-29-25-21-23-26-30-34-38-44(3)4/h44-45H,5-43H2,1-4H3/t45-/m0/s1.